The first kappa shape index (κ1) is 32.7. The van der Waals surface area contributed by atoms with E-state index < -0.39 is 5.41 Å². The SMILES string of the molecule is [C-]#[N+]c1ccc2c(c1)-c1cc(-c3cccc(-c4nc(-c5ccccc5)nc(-c5ccc(-c6ccccc6)cc5)n4)c3)ccc1C21c2ccccc2-c2ccccc21. The highest BCUT2D eigenvalue weighted by Crippen LogP contribution is 2.63. The molecule has 0 unspecified atom stereocenters. The summed E-state index contributed by atoms with van der Waals surface area (Å²) in [6, 6.07) is 68.0. The molecule has 0 bridgehead atoms. The van der Waals surface area contributed by atoms with E-state index in [1.54, 1.807) is 0 Å². The van der Waals surface area contributed by atoms with E-state index >= 15 is 0 Å². The number of hydrogen-bond donors (Lipinski definition) is 0. The Labute approximate surface area is 331 Å². The summed E-state index contributed by atoms with van der Waals surface area (Å²) in [7, 11) is 0. The first-order valence-electron chi connectivity index (χ1n) is 19.1. The largest absolute Gasteiger partial charge is 0.238 e. The standard InChI is InChI=1S/C53H32N4/c1-54-41-28-30-49-45(33-41)44-32-39(27-29-48(44)53(49)46-21-10-8-19-42(46)43-20-9-11-22-47(43)53)38-17-12-18-40(31-38)52-56-50(36-15-6-3-7-16-36)55-51(57-52)37-25-23-35(24-26-37)34-13-4-2-5-14-34/h2-33H. The van der Waals surface area contributed by atoms with Gasteiger partial charge in [-0.1, -0.05) is 176 Å². The van der Waals surface area contributed by atoms with Gasteiger partial charge in [-0.2, -0.15) is 0 Å². The van der Waals surface area contributed by atoms with Gasteiger partial charge in [0.05, 0.1) is 12.0 Å². The molecular weight excluding hydrogens is 693 g/mol. The van der Waals surface area contributed by atoms with Crippen LogP contribution in [0.3, 0.4) is 0 Å². The summed E-state index contributed by atoms with van der Waals surface area (Å²) in [5.41, 5.74) is 17.2. The first-order valence-corrected chi connectivity index (χ1v) is 19.1. The summed E-state index contributed by atoms with van der Waals surface area (Å²) >= 11 is 0. The molecule has 2 aliphatic carbocycles. The second kappa shape index (κ2) is 12.9. The van der Waals surface area contributed by atoms with Crippen molar-refractivity contribution >= 4 is 5.69 Å². The van der Waals surface area contributed by atoms with Gasteiger partial charge in [0.15, 0.2) is 23.2 Å². The highest BCUT2D eigenvalue weighted by Gasteiger charge is 2.51. The highest BCUT2D eigenvalue weighted by atomic mass is 15.0. The maximum absolute atomic E-state index is 7.90. The number of rotatable bonds is 5. The Morgan fingerprint density at radius 1 is 0.316 bits per heavy atom. The van der Waals surface area contributed by atoms with Crippen molar-refractivity contribution in [3.05, 3.63) is 228 Å². The number of hydrogen-bond acceptors (Lipinski definition) is 3. The summed E-state index contributed by atoms with van der Waals surface area (Å²) in [5, 5.41) is 0. The summed E-state index contributed by atoms with van der Waals surface area (Å²) in [6.45, 7) is 7.90. The third-order valence-corrected chi connectivity index (χ3v) is 11.6. The van der Waals surface area contributed by atoms with Crippen LogP contribution in [-0.2, 0) is 5.41 Å². The molecule has 1 spiro atoms. The molecule has 0 fully saturated rings. The molecule has 0 aliphatic heterocycles. The molecule has 2 aliphatic rings. The molecule has 4 heteroatoms. The van der Waals surface area contributed by atoms with Crippen LogP contribution in [0.5, 0.6) is 0 Å². The Balaban J connectivity index is 1.04. The molecule has 0 saturated heterocycles. The van der Waals surface area contributed by atoms with Gasteiger partial charge in [0.25, 0.3) is 0 Å². The number of nitrogens with zero attached hydrogens (tertiary/aromatic N) is 4. The van der Waals surface area contributed by atoms with Crippen molar-refractivity contribution in [3.8, 4) is 78.7 Å². The number of fused-ring (bicyclic) bond motifs is 10. The third kappa shape index (κ3) is 5.10. The van der Waals surface area contributed by atoms with Crippen molar-refractivity contribution in [2.75, 3.05) is 0 Å². The van der Waals surface area contributed by atoms with Crippen molar-refractivity contribution in [2.45, 2.75) is 5.41 Å². The molecule has 0 atom stereocenters. The fourth-order valence-corrected chi connectivity index (χ4v) is 9.02. The number of benzene rings is 8. The second-order valence-corrected chi connectivity index (χ2v) is 14.6. The Morgan fingerprint density at radius 3 is 1.39 bits per heavy atom. The van der Waals surface area contributed by atoms with E-state index in [0.717, 1.165) is 50.1 Å². The molecule has 11 rings (SSSR count). The van der Waals surface area contributed by atoms with Gasteiger partial charge in [0.1, 0.15) is 0 Å². The Bertz CT molecular complexity index is 3030. The van der Waals surface area contributed by atoms with Gasteiger partial charge in [0, 0.05) is 16.7 Å². The third-order valence-electron chi connectivity index (χ3n) is 11.6. The Kier molecular flexibility index (Phi) is 7.42. The van der Waals surface area contributed by atoms with Crippen LogP contribution >= 0.6 is 0 Å². The normalized spacial score (nSPS) is 12.7. The molecule has 0 N–H and O–H groups in total. The molecule has 9 aromatic rings. The maximum atomic E-state index is 7.90. The molecule has 57 heavy (non-hydrogen) atoms. The molecule has 1 heterocycles. The molecule has 264 valence electrons. The van der Waals surface area contributed by atoms with Crippen molar-refractivity contribution in [2.24, 2.45) is 0 Å². The van der Waals surface area contributed by atoms with Crippen LogP contribution in [0.1, 0.15) is 22.3 Å². The quantitative estimate of drug-likeness (QED) is 0.166. The van der Waals surface area contributed by atoms with Gasteiger partial charge < -0.3 is 0 Å². The summed E-state index contributed by atoms with van der Waals surface area (Å²) < 4.78 is 0. The van der Waals surface area contributed by atoms with Gasteiger partial charge in [-0.3, -0.25) is 0 Å². The van der Waals surface area contributed by atoms with Gasteiger partial charge in [0.2, 0.25) is 0 Å². The van der Waals surface area contributed by atoms with E-state index in [1.165, 1.54) is 33.4 Å². The monoisotopic (exact) mass is 724 g/mol. The number of aromatic nitrogens is 3. The van der Waals surface area contributed by atoms with Gasteiger partial charge in [-0.05, 0) is 85.0 Å². The van der Waals surface area contributed by atoms with Crippen molar-refractivity contribution in [3.63, 3.8) is 0 Å². The Morgan fingerprint density at radius 2 is 0.737 bits per heavy atom. The maximum Gasteiger partial charge on any atom is 0.187 e. The van der Waals surface area contributed by atoms with Crippen LogP contribution in [0.25, 0.3) is 83.5 Å². The van der Waals surface area contributed by atoms with E-state index in [1.807, 2.05) is 42.5 Å². The average molecular weight is 725 g/mol. The van der Waals surface area contributed by atoms with Crippen LogP contribution in [-0.4, -0.2) is 15.0 Å². The summed E-state index contributed by atoms with van der Waals surface area (Å²) in [4.78, 5) is 19.0. The van der Waals surface area contributed by atoms with Gasteiger partial charge in [-0.25, -0.2) is 19.8 Å². The minimum atomic E-state index is -0.465. The van der Waals surface area contributed by atoms with Crippen LogP contribution in [0, 0.1) is 6.57 Å². The van der Waals surface area contributed by atoms with Crippen LogP contribution < -0.4 is 0 Å². The van der Waals surface area contributed by atoms with Crippen molar-refractivity contribution < 1.29 is 0 Å². The molecule has 0 saturated carbocycles. The average Bonchev–Trinajstić information content (AvgIpc) is 3.76. The first-order chi connectivity index (χ1) is 28.2. The zero-order valence-corrected chi connectivity index (χ0v) is 30.8. The second-order valence-electron chi connectivity index (χ2n) is 14.6. The zero-order chi connectivity index (χ0) is 37.9. The Hall–Kier alpha value is -7.74. The lowest BCUT2D eigenvalue weighted by Crippen LogP contribution is -2.25. The van der Waals surface area contributed by atoms with E-state index in [2.05, 4.69) is 157 Å². The molecular formula is C53H32N4. The van der Waals surface area contributed by atoms with E-state index in [9.17, 15) is 0 Å². The van der Waals surface area contributed by atoms with Gasteiger partial charge >= 0.3 is 0 Å². The summed E-state index contributed by atoms with van der Waals surface area (Å²) in [5.74, 6) is 1.86. The lowest BCUT2D eigenvalue weighted by molar-refractivity contribution is 0.794. The predicted molar refractivity (Wildman–Crippen MR) is 230 cm³/mol. The van der Waals surface area contributed by atoms with Crippen LogP contribution in [0.15, 0.2) is 194 Å². The lowest BCUT2D eigenvalue weighted by atomic mass is 9.70. The summed E-state index contributed by atoms with van der Waals surface area (Å²) in [6.07, 6.45) is 0. The van der Waals surface area contributed by atoms with Gasteiger partial charge in [-0.15, -0.1) is 0 Å². The molecule has 0 radical (unpaired) electrons. The molecule has 8 aromatic carbocycles. The topological polar surface area (TPSA) is 43.0 Å². The van der Waals surface area contributed by atoms with Crippen LogP contribution in [0.2, 0.25) is 0 Å². The molecule has 0 amide bonds. The van der Waals surface area contributed by atoms with Crippen molar-refractivity contribution in [1.29, 1.82) is 0 Å². The van der Waals surface area contributed by atoms with Crippen LogP contribution in [0.4, 0.5) is 5.69 Å². The van der Waals surface area contributed by atoms with E-state index in [0.29, 0.717) is 23.2 Å². The van der Waals surface area contributed by atoms with E-state index in [-0.39, 0.29) is 0 Å². The van der Waals surface area contributed by atoms with Crippen molar-refractivity contribution in [1.82, 2.24) is 15.0 Å². The molecule has 1 aromatic heterocycles. The minimum Gasteiger partial charge on any atom is -0.238 e. The fraction of sp³-hybridized carbons (Fsp3) is 0.0189. The predicted octanol–water partition coefficient (Wildman–Crippen LogP) is 13.1. The highest BCUT2D eigenvalue weighted by molar-refractivity contribution is 5.97. The fourth-order valence-electron chi connectivity index (χ4n) is 9.02. The molecule has 4 nitrogen and oxygen atoms in total. The smallest absolute Gasteiger partial charge is 0.187 e. The zero-order valence-electron chi connectivity index (χ0n) is 30.8. The lowest BCUT2D eigenvalue weighted by Gasteiger charge is -2.30. The minimum absolute atomic E-state index is 0.465. The van der Waals surface area contributed by atoms with E-state index in [4.69, 9.17) is 21.5 Å².